The molecular weight excluding hydrogens is 569 g/mol. The number of piperidine rings is 2. The van der Waals surface area contributed by atoms with Gasteiger partial charge in [-0.1, -0.05) is 6.07 Å². The maximum absolute atomic E-state index is 13.1. The number of nitrogen functional groups attached to an aromatic ring is 1. The van der Waals surface area contributed by atoms with Gasteiger partial charge in [0.1, 0.15) is 11.4 Å². The number of alkyl halides is 3. The third-order valence-electron chi connectivity index (χ3n) is 9.73. The molecule has 1 aromatic carbocycles. The van der Waals surface area contributed by atoms with Gasteiger partial charge in [-0.05, 0) is 114 Å². The van der Waals surface area contributed by atoms with Crippen LogP contribution >= 0.6 is 0 Å². The summed E-state index contributed by atoms with van der Waals surface area (Å²) in [5.74, 6) is -0.0464. The van der Waals surface area contributed by atoms with Gasteiger partial charge in [-0.15, -0.1) is 0 Å². The van der Waals surface area contributed by atoms with E-state index in [1.54, 1.807) is 32.2 Å². The number of halogens is 3. The number of anilines is 2. The summed E-state index contributed by atoms with van der Waals surface area (Å²) in [5, 5.41) is 16.9. The van der Waals surface area contributed by atoms with E-state index in [1.165, 1.54) is 64.2 Å². The Labute approximate surface area is 257 Å². The maximum Gasteiger partial charge on any atom is 0.433 e. The Morgan fingerprint density at radius 1 is 1.14 bits per heavy atom. The third kappa shape index (κ3) is 7.97. The smallest absolute Gasteiger partial charge is 0.398 e. The summed E-state index contributed by atoms with van der Waals surface area (Å²) in [7, 11) is 0. The van der Waals surface area contributed by atoms with Crippen LogP contribution < -0.4 is 16.4 Å². The Hall–Kier alpha value is -3.02. The van der Waals surface area contributed by atoms with Crippen molar-refractivity contribution in [2.45, 2.75) is 83.0 Å². The first-order chi connectivity index (χ1) is 20.8. The van der Waals surface area contributed by atoms with Crippen molar-refractivity contribution < 1.29 is 23.1 Å². The predicted octanol–water partition coefficient (Wildman–Crippen LogP) is 5.61. The van der Waals surface area contributed by atoms with Crippen LogP contribution in [-0.2, 0) is 11.8 Å². The van der Waals surface area contributed by atoms with Gasteiger partial charge < -0.3 is 26.4 Å². The van der Waals surface area contributed by atoms with E-state index in [0.717, 1.165) is 44.0 Å². The molecule has 44 heavy (non-hydrogen) atoms. The van der Waals surface area contributed by atoms with Crippen molar-refractivity contribution >= 4 is 23.5 Å². The number of hydrogen-bond acceptors (Lipinski definition) is 7. The maximum atomic E-state index is 13.1. The lowest BCUT2D eigenvalue weighted by molar-refractivity contribution is -0.141. The Bertz CT molecular complexity index is 1330. The number of carbonyl (C=O) groups is 1. The van der Waals surface area contributed by atoms with Crippen LogP contribution in [0.2, 0.25) is 0 Å². The second-order valence-corrected chi connectivity index (χ2v) is 13.4. The van der Waals surface area contributed by atoms with Crippen molar-refractivity contribution in [1.82, 2.24) is 15.2 Å². The lowest BCUT2D eigenvalue weighted by Gasteiger charge is -2.44. The molecule has 8 nitrogen and oxygen atoms in total. The number of aliphatic imine (C=N–C) groups is 1. The van der Waals surface area contributed by atoms with Crippen molar-refractivity contribution in [3.05, 3.63) is 52.8 Å². The number of likely N-dealkylation sites (tertiary alicyclic amines) is 1. The fourth-order valence-corrected chi connectivity index (χ4v) is 6.99. The first-order valence-corrected chi connectivity index (χ1v) is 15.8. The highest BCUT2D eigenvalue weighted by molar-refractivity contribution is 6.04. The van der Waals surface area contributed by atoms with Gasteiger partial charge in [-0.2, -0.15) is 13.2 Å². The number of benzene rings is 1. The van der Waals surface area contributed by atoms with Gasteiger partial charge in [0.05, 0.1) is 11.6 Å². The van der Waals surface area contributed by atoms with Crippen LogP contribution in [0.5, 0.6) is 0 Å². The van der Waals surface area contributed by atoms with Gasteiger partial charge in [0.25, 0.3) is 5.91 Å². The minimum absolute atomic E-state index is 0.149. The molecule has 2 aliphatic heterocycles. The van der Waals surface area contributed by atoms with E-state index < -0.39 is 23.4 Å². The van der Waals surface area contributed by atoms with Crippen LogP contribution in [-0.4, -0.2) is 65.9 Å². The van der Waals surface area contributed by atoms with E-state index in [-0.39, 0.29) is 17.4 Å². The van der Waals surface area contributed by atoms with E-state index in [9.17, 15) is 23.1 Å². The SMILES string of the molecule is CC(C)(O)c1cc(N)c(C=NC2CCN(CC3CCC4(CCNCC4)CC3)CC2)cc1NC(=O)c1cccc(C(F)(F)F)n1. The number of aromatic nitrogens is 1. The molecule has 2 aromatic rings. The van der Waals surface area contributed by atoms with Gasteiger partial charge >= 0.3 is 6.18 Å². The number of pyridine rings is 1. The predicted molar refractivity (Wildman–Crippen MR) is 167 cm³/mol. The Kier molecular flexibility index (Phi) is 9.67. The number of aliphatic hydroxyl groups is 1. The molecule has 0 atom stereocenters. The zero-order chi connectivity index (χ0) is 31.5. The molecule has 2 saturated heterocycles. The van der Waals surface area contributed by atoms with Crippen LogP contribution in [0.25, 0.3) is 0 Å². The molecule has 11 heteroatoms. The summed E-state index contributed by atoms with van der Waals surface area (Å²) in [5.41, 5.74) is 5.48. The number of nitrogens with two attached hydrogens (primary N) is 1. The molecule has 0 unspecified atom stereocenters. The molecule has 240 valence electrons. The first kappa shape index (κ1) is 32.4. The van der Waals surface area contributed by atoms with Gasteiger partial charge in [0, 0.05) is 48.4 Å². The summed E-state index contributed by atoms with van der Waals surface area (Å²) in [6.45, 7) is 8.60. The van der Waals surface area contributed by atoms with Crippen LogP contribution in [0.1, 0.15) is 92.5 Å². The van der Waals surface area contributed by atoms with Crippen LogP contribution in [0.4, 0.5) is 24.5 Å². The van der Waals surface area contributed by atoms with E-state index in [2.05, 4.69) is 20.5 Å². The number of carbonyl (C=O) groups excluding carboxylic acids is 1. The van der Waals surface area contributed by atoms with Gasteiger partial charge in [0.15, 0.2) is 0 Å². The number of amides is 1. The zero-order valence-corrected chi connectivity index (χ0v) is 25.7. The molecule has 0 radical (unpaired) electrons. The number of rotatable bonds is 7. The van der Waals surface area contributed by atoms with Crippen LogP contribution in [0.3, 0.4) is 0 Å². The van der Waals surface area contributed by atoms with Gasteiger partial charge in [-0.25, -0.2) is 4.98 Å². The molecule has 1 aliphatic carbocycles. The van der Waals surface area contributed by atoms with Crippen LogP contribution in [0.15, 0.2) is 35.3 Å². The molecule has 3 aliphatic rings. The van der Waals surface area contributed by atoms with Crippen LogP contribution in [0, 0.1) is 11.3 Å². The van der Waals surface area contributed by atoms with E-state index in [1.807, 2.05) is 0 Å². The molecule has 3 heterocycles. The van der Waals surface area contributed by atoms with E-state index in [0.29, 0.717) is 22.2 Å². The zero-order valence-electron chi connectivity index (χ0n) is 25.7. The first-order valence-electron chi connectivity index (χ1n) is 15.8. The van der Waals surface area contributed by atoms with Gasteiger partial charge in [-0.3, -0.25) is 9.79 Å². The molecule has 3 fully saturated rings. The summed E-state index contributed by atoms with van der Waals surface area (Å²) >= 11 is 0. The fraction of sp³-hybridized carbons (Fsp3) is 0.606. The molecule has 1 aromatic heterocycles. The summed E-state index contributed by atoms with van der Waals surface area (Å²) in [4.78, 5) is 23.8. The highest BCUT2D eigenvalue weighted by Crippen LogP contribution is 2.45. The Morgan fingerprint density at radius 3 is 2.45 bits per heavy atom. The van der Waals surface area contributed by atoms with Crippen molar-refractivity contribution in [1.29, 1.82) is 0 Å². The van der Waals surface area contributed by atoms with E-state index >= 15 is 0 Å². The second-order valence-electron chi connectivity index (χ2n) is 13.4. The quantitative estimate of drug-likeness (QED) is 0.238. The van der Waals surface area contributed by atoms with E-state index in [4.69, 9.17) is 10.7 Å². The minimum Gasteiger partial charge on any atom is -0.398 e. The highest BCUT2D eigenvalue weighted by atomic mass is 19.4. The average Bonchev–Trinajstić information content (AvgIpc) is 2.99. The molecule has 1 saturated carbocycles. The summed E-state index contributed by atoms with van der Waals surface area (Å²) < 4.78 is 39.4. The summed E-state index contributed by atoms with van der Waals surface area (Å²) in [6, 6.07) is 6.47. The van der Waals surface area contributed by atoms with Crippen molar-refractivity contribution in [3.63, 3.8) is 0 Å². The van der Waals surface area contributed by atoms with Crippen molar-refractivity contribution in [3.8, 4) is 0 Å². The molecule has 5 N–H and O–H groups in total. The summed E-state index contributed by atoms with van der Waals surface area (Å²) in [6.07, 6.45) is 6.98. The monoisotopic (exact) mass is 614 g/mol. The normalized spacial score (nSPS) is 20.8. The topological polar surface area (TPSA) is 116 Å². The molecule has 1 amide bonds. The minimum atomic E-state index is -4.68. The molecular formula is C33H45F3N6O2. The lowest BCUT2D eigenvalue weighted by atomic mass is 9.65. The average molecular weight is 615 g/mol. The molecule has 5 rings (SSSR count). The largest absolute Gasteiger partial charge is 0.433 e. The lowest BCUT2D eigenvalue weighted by Crippen LogP contribution is -2.42. The molecule has 0 bridgehead atoms. The Balaban J connectivity index is 1.20. The molecule has 1 spiro atoms. The van der Waals surface area contributed by atoms with Crippen molar-refractivity contribution in [2.24, 2.45) is 16.3 Å². The highest BCUT2D eigenvalue weighted by Gasteiger charge is 2.37. The second kappa shape index (κ2) is 13.1. The standard InChI is InChI=1S/C33H45F3N6O2/c1-31(2,44)25-19-26(37)23(18-28(25)41-30(43)27-4-3-5-29(40-27)33(34,35)36)20-39-24-8-16-42(17-9-24)21-22-6-10-32(11-7-22)12-14-38-15-13-32/h3-5,18-20,22,24,38,44H,6-17,21,37H2,1-2H3,(H,41,43). The number of nitrogens with one attached hydrogen (secondary N) is 2. The fourth-order valence-electron chi connectivity index (χ4n) is 6.99. The number of nitrogens with zero attached hydrogens (tertiary/aromatic N) is 3. The van der Waals surface area contributed by atoms with Crippen molar-refractivity contribution in [2.75, 3.05) is 43.8 Å². The van der Waals surface area contributed by atoms with Gasteiger partial charge in [0.2, 0.25) is 0 Å². The Morgan fingerprint density at radius 2 is 1.82 bits per heavy atom. The third-order valence-corrected chi connectivity index (χ3v) is 9.73. The number of hydrogen-bond donors (Lipinski definition) is 4.